The van der Waals surface area contributed by atoms with Crippen LogP contribution >= 0.6 is 0 Å². The number of hydrogen-bond acceptors (Lipinski definition) is 7. The number of nitrogens with zero attached hydrogens (tertiary/aromatic N) is 2. The van der Waals surface area contributed by atoms with E-state index in [0.717, 1.165) is 12.8 Å². The molecule has 0 radical (unpaired) electrons. The third-order valence-electron chi connectivity index (χ3n) is 4.84. The fourth-order valence-corrected chi connectivity index (χ4v) is 4.74. The van der Waals surface area contributed by atoms with Crippen molar-refractivity contribution in [1.82, 2.24) is 4.31 Å². The second kappa shape index (κ2) is 9.23. The van der Waals surface area contributed by atoms with Gasteiger partial charge in [0.15, 0.2) is 6.61 Å². The van der Waals surface area contributed by atoms with Crippen molar-refractivity contribution < 1.29 is 27.7 Å². The van der Waals surface area contributed by atoms with E-state index < -0.39 is 33.4 Å². The number of hydrogen-bond donors (Lipinski definition) is 1. The van der Waals surface area contributed by atoms with Crippen molar-refractivity contribution in [3.05, 3.63) is 63.7 Å². The molecule has 0 unspecified atom stereocenters. The summed E-state index contributed by atoms with van der Waals surface area (Å²) < 4.78 is 31.8. The third kappa shape index (κ3) is 5.06. The minimum atomic E-state index is -3.71. The molecule has 0 aromatic heterocycles. The van der Waals surface area contributed by atoms with E-state index in [2.05, 4.69) is 5.32 Å². The Bertz CT molecular complexity index is 1130. The van der Waals surface area contributed by atoms with Gasteiger partial charge in [-0.15, -0.1) is 0 Å². The predicted molar refractivity (Wildman–Crippen MR) is 111 cm³/mol. The van der Waals surface area contributed by atoms with E-state index >= 15 is 0 Å². The molecule has 1 heterocycles. The fraction of sp³-hybridized carbons (Fsp3) is 0.300. The Morgan fingerprint density at radius 2 is 1.84 bits per heavy atom. The predicted octanol–water partition coefficient (Wildman–Crippen LogP) is 2.48. The smallest absolute Gasteiger partial charge is 0.338 e. The molecule has 1 saturated heterocycles. The maximum atomic E-state index is 12.7. The summed E-state index contributed by atoms with van der Waals surface area (Å²) >= 11 is 0. The monoisotopic (exact) mass is 447 g/mol. The van der Waals surface area contributed by atoms with Gasteiger partial charge in [0, 0.05) is 19.2 Å². The molecule has 1 amide bonds. The van der Waals surface area contributed by atoms with Crippen LogP contribution in [0.5, 0.6) is 0 Å². The van der Waals surface area contributed by atoms with Crippen LogP contribution in [0.15, 0.2) is 47.4 Å². The summed E-state index contributed by atoms with van der Waals surface area (Å²) in [6, 6.07) is 9.75. The number of benzene rings is 2. The van der Waals surface area contributed by atoms with Crippen LogP contribution in [0.25, 0.3) is 0 Å². The molecule has 1 aliphatic rings. The summed E-state index contributed by atoms with van der Waals surface area (Å²) in [5, 5.41) is 13.3. The number of anilines is 1. The number of aryl methyl sites for hydroxylation is 1. The summed E-state index contributed by atoms with van der Waals surface area (Å²) in [6.45, 7) is 1.80. The van der Waals surface area contributed by atoms with Crippen molar-refractivity contribution in [3.8, 4) is 0 Å². The molecule has 11 heteroatoms. The zero-order valence-electron chi connectivity index (χ0n) is 16.7. The normalized spacial score (nSPS) is 14.2. The van der Waals surface area contributed by atoms with E-state index in [1.807, 2.05) is 0 Å². The first-order chi connectivity index (χ1) is 14.7. The highest BCUT2D eigenvalue weighted by molar-refractivity contribution is 7.89. The van der Waals surface area contributed by atoms with Crippen molar-refractivity contribution in [2.45, 2.75) is 24.7 Å². The van der Waals surface area contributed by atoms with Gasteiger partial charge in [-0.2, -0.15) is 4.31 Å². The number of amides is 1. The maximum Gasteiger partial charge on any atom is 0.338 e. The Hall–Kier alpha value is -3.31. The molecule has 1 N–H and O–H groups in total. The highest BCUT2D eigenvalue weighted by Gasteiger charge is 2.28. The number of sulfonamides is 1. The molecule has 3 rings (SSSR count). The van der Waals surface area contributed by atoms with Gasteiger partial charge in [0.1, 0.15) is 5.69 Å². The molecule has 0 bridgehead atoms. The highest BCUT2D eigenvalue weighted by atomic mass is 32.2. The lowest BCUT2D eigenvalue weighted by Gasteiger charge is -2.16. The van der Waals surface area contributed by atoms with Crippen LogP contribution in [0, 0.1) is 17.0 Å². The lowest BCUT2D eigenvalue weighted by Crippen LogP contribution is -2.28. The molecule has 10 nitrogen and oxygen atoms in total. The minimum absolute atomic E-state index is 0.0173. The Morgan fingerprint density at radius 1 is 1.16 bits per heavy atom. The van der Waals surface area contributed by atoms with Gasteiger partial charge in [-0.3, -0.25) is 14.9 Å². The van der Waals surface area contributed by atoms with E-state index in [4.69, 9.17) is 4.74 Å². The number of para-hydroxylation sites is 2. The van der Waals surface area contributed by atoms with Crippen LogP contribution in [-0.4, -0.2) is 49.2 Å². The van der Waals surface area contributed by atoms with Crippen molar-refractivity contribution in [2.75, 3.05) is 25.0 Å². The van der Waals surface area contributed by atoms with Crippen molar-refractivity contribution in [3.63, 3.8) is 0 Å². The average Bonchev–Trinajstić information content (AvgIpc) is 3.28. The number of carbonyl (C=O) groups excluding carboxylic acids is 2. The van der Waals surface area contributed by atoms with Crippen LogP contribution in [0.3, 0.4) is 0 Å². The van der Waals surface area contributed by atoms with Crippen molar-refractivity contribution >= 4 is 33.3 Å². The van der Waals surface area contributed by atoms with Gasteiger partial charge < -0.3 is 10.1 Å². The van der Waals surface area contributed by atoms with E-state index in [0.29, 0.717) is 18.7 Å². The van der Waals surface area contributed by atoms with Crippen molar-refractivity contribution in [1.29, 1.82) is 0 Å². The summed E-state index contributed by atoms with van der Waals surface area (Å²) in [4.78, 5) is 34.9. The molecule has 31 heavy (non-hydrogen) atoms. The molecule has 1 fully saturated rings. The molecule has 164 valence electrons. The van der Waals surface area contributed by atoms with Crippen molar-refractivity contribution in [2.24, 2.45) is 0 Å². The van der Waals surface area contributed by atoms with E-state index in [-0.39, 0.29) is 21.8 Å². The first-order valence-corrected chi connectivity index (χ1v) is 11.0. The van der Waals surface area contributed by atoms with Crippen LogP contribution in [-0.2, 0) is 19.6 Å². The van der Waals surface area contributed by atoms with Gasteiger partial charge in [-0.25, -0.2) is 13.2 Å². The number of nitro benzene ring substituents is 1. The van der Waals surface area contributed by atoms with Gasteiger partial charge >= 0.3 is 5.97 Å². The second-order valence-corrected chi connectivity index (χ2v) is 8.92. The Balaban J connectivity index is 1.69. The van der Waals surface area contributed by atoms with Gasteiger partial charge in [0.05, 0.1) is 15.4 Å². The SMILES string of the molecule is Cc1ccc(S(=O)(=O)N2CCCC2)cc1C(=O)OCC(=O)Nc1ccccc1[N+](=O)[O-]. The summed E-state index contributed by atoms with van der Waals surface area (Å²) in [5.41, 5.74) is 0.199. The van der Waals surface area contributed by atoms with E-state index in [1.165, 1.54) is 46.8 Å². The molecular formula is C20H21N3O7S. The highest BCUT2D eigenvalue weighted by Crippen LogP contribution is 2.24. The molecule has 2 aromatic carbocycles. The van der Waals surface area contributed by atoms with Crippen LogP contribution < -0.4 is 5.32 Å². The average molecular weight is 447 g/mol. The molecule has 0 saturated carbocycles. The summed E-state index contributed by atoms with van der Waals surface area (Å²) in [6.07, 6.45) is 1.57. The van der Waals surface area contributed by atoms with E-state index in [1.54, 1.807) is 6.92 Å². The van der Waals surface area contributed by atoms with Crippen LogP contribution in [0.4, 0.5) is 11.4 Å². The fourth-order valence-electron chi connectivity index (χ4n) is 3.19. The van der Waals surface area contributed by atoms with Gasteiger partial charge in [-0.1, -0.05) is 18.2 Å². The lowest BCUT2D eigenvalue weighted by atomic mass is 10.1. The molecule has 0 aliphatic carbocycles. The Kier molecular flexibility index (Phi) is 6.66. The number of rotatable bonds is 7. The quantitative estimate of drug-likeness (QED) is 0.391. The van der Waals surface area contributed by atoms with Crippen LogP contribution in [0.2, 0.25) is 0 Å². The van der Waals surface area contributed by atoms with Gasteiger partial charge in [0.2, 0.25) is 10.0 Å². The zero-order valence-corrected chi connectivity index (χ0v) is 17.6. The molecular weight excluding hydrogens is 426 g/mol. The van der Waals surface area contributed by atoms with E-state index in [9.17, 15) is 28.1 Å². The summed E-state index contributed by atoms with van der Waals surface area (Å²) in [5.74, 6) is -1.63. The lowest BCUT2D eigenvalue weighted by molar-refractivity contribution is -0.383. The Morgan fingerprint density at radius 3 is 2.52 bits per heavy atom. The minimum Gasteiger partial charge on any atom is -0.452 e. The number of nitrogens with one attached hydrogen (secondary N) is 1. The zero-order chi connectivity index (χ0) is 22.6. The molecule has 0 atom stereocenters. The summed E-state index contributed by atoms with van der Waals surface area (Å²) in [7, 11) is -3.71. The van der Waals surface area contributed by atoms with Gasteiger partial charge in [0.25, 0.3) is 11.6 Å². The molecule has 1 aliphatic heterocycles. The second-order valence-electron chi connectivity index (χ2n) is 6.99. The number of carbonyl (C=O) groups is 2. The molecule has 0 spiro atoms. The number of esters is 1. The Labute approximate surface area is 179 Å². The number of nitro groups is 1. The topological polar surface area (TPSA) is 136 Å². The van der Waals surface area contributed by atoms with Crippen LogP contribution in [0.1, 0.15) is 28.8 Å². The largest absolute Gasteiger partial charge is 0.452 e. The standard InChI is InChI=1S/C20H21N3O7S/c1-14-8-9-15(31(28,29)22-10-4-5-11-22)12-16(14)20(25)30-13-19(24)21-17-6-2-3-7-18(17)23(26)27/h2-3,6-9,12H,4-5,10-11,13H2,1H3,(H,21,24). The first-order valence-electron chi connectivity index (χ1n) is 9.51. The maximum absolute atomic E-state index is 12.7. The third-order valence-corrected chi connectivity index (χ3v) is 6.74. The number of ether oxygens (including phenoxy) is 1. The molecule has 2 aromatic rings. The first kappa shape index (κ1) is 22.4. The van der Waals surface area contributed by atoms with Gasteiger partial charge in [-0.05, 0) is 43.5 Å².